The Hall–Kier alpha value is -2.85. The average Bonchev–Trinajstić information content (AvgIpc) is 3.12. The third kappa shape index (κ3) is 5.86. The van der Waals surface area contributed by atoms with E-state index in [9.17, 15) is 4.79 Å². The Morgan fingerprint density at radius 1 is 1.26 bits per heavy atom. The molecule has 0 saturated carbocycles. The number of nitrogens with one attached hydrogen (secondary N) is 3. The number of aryl methyl sites for hydroxylation is 2. The molecule has 0 unspecified atom stereocenters. The fraction of sp³-hybridized carbons (Fsp3) is 0.286. The lowest BCUT2D eigenvalue weighted by Crippen LogP contribution is -2.20. The standard InChI is InChI=1S/C21H24BrN5O3S/c1-4-19-25-26-21(31)27(19)23-11-14-9-17(29-3)18(10-16(14)22)30-12-20(28)24-15-7-5-13(2)6-8-15/h5-10,23H,4,11-12H2,1-3H3,(H,24,28)(H,26,31). The lowest BCUT2D eigenvalue weighted by atomic mass is 10.2. The third-order valence-corrected chi connectivity index (χ3v) is 5.52. The number of aromatic nitrogens is 3. The molecule has 31 heavy (non-hydrogen) atoms. The lowest BCUT2D eigenvalue weighted by molar-refractivity contribution is -0.118. The van der Waals surface area contributed by atoms with Crippen molar-refractivity contribution in [2.45, 2.75) is 26.8 Å². The van der Waals surface area contributed by atoms with Crippen LogP contribution in [0.25, 0.3) is 0 Å². The van der Waals surface area contributed by atoms with Crippen LogP contribution in [0.1, 0.15) is 23.9 Å². The Morgan fingerprint density at radius 2 is 2.00 bits per heavy atom. The maximum atomic E-state index is 12.2. The molecule has 0 saturated heterocycles. The molecule has 1 aromatic heterocycles. The Kier molecular flexibility index (Phi) is 7.69. The molecule has 3 rings (SSSR count). The van der Waals surface area contributed by atoms with E-state index in [2.05, 4.69) is 36.9 Å². The quantitative estimate of drug-likeness (QED) is 0.374. The van der Waals surface area contributed by atoms with Gasteiger partial charge in [0.1, 0.15) is 0 Å². The molecule has 0 atom stereocenters. The number of benzene rings is 2. The smallest absolute Gasteiger partial charge is 0.262 e. The summed E-state index contributed by atoms with van der Waals surface area (Å²) >= 11 is 8.82. The summed E-state index contributed by atoms with van der Waals surface area (Å²) in [7, 11) is 1.56. The lowest BCUT2D eigenvalue weighted by Gasteiger charge is -2.15. The zero-order valence-electron chi connectivity index (χ0n) is 17.5. The highest BCUT2D eigenvalue weighted by Crippen LogP contribution is 2.33. The molecule has 3 aromatic rings. The van der Waals surface area contributed by atoms with Gasteiger partial charge in [-0.3, -0.25) is 9.89 Å². The summed E-state index contributed by atoms with van der Waals surface area (Å²) in [5.41, 5.74) is 6.02. The number of amides is 1. The first-order valence-corrected chi connectivity index (χ1v) is 10.9. The van der Waals surface area contributed by atoms with E-state index in [1.807, 2.05) is 44.2 Å². The van der Waals surface area contributed by atoms with E-state index in [0.29, 0.717) is 22.8 Å². The third-order valence-electron chi connectivity index (χ3n) is 4.51. The zero-order chi connectivity index (χ0) is 22.4. The van der Waals surface area contributed by atoms with Crippen LogP contribution in [0.5, 0.6) is 11.5 Å². The number of nitrogens with zero attached hydrogens (tertiary/aromatic N) is 2. The number of rotatable bonds is 9. The molecule has 0 bridgehead atoms. The molecular formula is C21H24BrN5O3S. The highest BCUT2D eigenvalue weighted by Gasteiger charge is 2.13. The van der Waals surface area contributed by atoms with Crippen molar-refractivity contribution < 1.29 is 14.3 Å². The van der Waals surface area contributed by atoms with Crippen molar-refractivity contribution in [2.75, 3.05) is 24.5 Å². The molecule has 0 aliphatic heterocycles. The van der Waals surface area contributed by atoms with Gasteiger partial charge >= 0.3 is 0 Å². The van der Waals surface area contributed by atoms with Gasteiger partial charge in [-0.25, -0.2) is 4.68 Å². The molecule has 10 heteroatoms. The van der Waals surface area contributed by atoms with Crippen molar-refractivity contribution in [3.63, 3.8) is 0 Å². The highest BCUT2D eigenvalue weighted by molar-refractivity contribution is 9.10. The minimum Gasteiger partial charge on any atom is -0.493 e. The maximum absolute atomic E-state index is 12.2. The number of ether oxygens (including phenoxy) is 2. The van der Waals surface area contributed by atoms with Crippen molar-refractivity contribution in [3.05, 3.63) is 62.6 Å². The van der Waals surface area contributed by atoms with E-state index in [-0.39, 0.29) is 12.5 Å². The van der Waals surface area contributed by atoms with Crippen LogP contribution < -0.4 is 20.2 Å². The summed E-state index contributed by atoms with van der Waals surface area (Å²) in [6, 6.07) is 11.2. The molecule has 8 nitrogen and oxygen atoms in total. The Morgan fingerprint density at radius 3 is 2.68 bits per heavy atom. The van der Waals surface area contributed by atoms with Gasteiger partial charge in [-0.2, -0.15) is 5.10 Å². The molecule has 0 aliphatic rings. The van der Waals surface area contributed by atoms with Gasteiger partial charge in [0.2, 0.25) is 4.77 Å². The molecular weight excluding hydrogens is 482 g/mol. The summed E-state index contributed by atoms with van der Waals surface area (Å²) in [5, 5.41) is 9.76. The molecule has 3 N–H and O–H groups in total. The van der Waals surface area contributed by atoms with Crippen molar-refractivity contribution in [2.24, 2.45) is 0 Å². The maximum Gasteiger partial charge on any atom is 0.262 e. The van der Waals surface area contributed by atoms with Gasteiger partial charge in [-0.05, 0) is 49.0 Å². The van der Waals surface area contributed by atoms with Gasteiger partial charge in [0.05, 0.1) is 13.7 Å². The number of carbonyl (C=O) groups is 1. The van der Waals surface area contributed by atoms with Gasteiger partial charge in [0.15, 0.2) is 23.9 Å². The second-order valence-corrected chi connectivity index (χ2v) is 8.01. The number of anilines is 1. The number of hydrogen-bond donors (Lipinski definition) is 3. The predicted molar refractivity (Wildman–Crippen MR) is 126 cm³/mol. The molecule has 0 spiro atoms. The SMILES string of the molecule is CCc1n[nH]c(=S)n1NCc1cc(OC)c(OCC(=O)Nc2ccc(C)cc2)cc1Br. The summed E-state index contributed by atoms with van der Waals surface area (Å²) in [4.78, 5) is 12.2. The second kappa shape index (κ2) is 10.5. The monoisotopic (exact) mass is 505 g/mol. The van der Waals surface area contributed by atoms with Crippen LogP contribution in [-0.2, 0) is 17.8 Å². The van der Waals surface area contributed by atoms with Crippen LogP contribution >= 0.6 is 28.1 Å². The Balaban J connectivity index is 1.65. The van der Waals surface area contributed by atoms with Crippen LogP contribution in [0.15, 0.2) is 40.9 Å². The molecule has 1 heterocycles. The summed E-state index contributed by atoms with van der Waals surface area (Å²) in [6.07, 6.45) is 0.738. The first-order valence-electron chi connectivity index (χ1n) is 9.67. The average molecular weight is 506 g/mol. The normalized spacial score (nSPS) is 10.6. The van der Waals surface area contributed by atoms with E-state index in [4.69, 9.17) is 21.7 Å². The molecule has 2 aromatic carbocycles. The largest absolute Gasteiger partial charge is 0.493 e. The topological polar surface area (TPSA) is 93.2 Å². The van der Waals surface area contributed by atoms with E-state index >= 15 is 0 Å². The first kappa shape index (κ1) is 22.8. The molecule has 0 aliphatic carbocycles. The van der Waals surface area contributed by atoms with E-state index < -0.39 is 0 Å². The molecule has 0 radical (unpaired) electrons. The number of H-pyrrole nitrogens is 1. The van der Waals surface area contributed by atoms with Crippen molar-refractivity contribution in [1.82, 2.24) is 14.9 Å². The van der Waals surface area contributed by atoms with Gasteiger partial charge in [0, 0.05) is 16.6 Å². The van der Waals surface area contributed by atoms with Gasteiger partial charge in [-0.15, -0.1) is 0 Å². The number of halogens is 1. The molecule has 164 valence electrons. The number of aromatic amines is 1. The van der Waals surface area contributed by atoms with Gasteiger partial charge in [0.25, 0.3) is 5.91 Å². The predicted octanol–water partition coefficient (Wildman–Crippen LogP) is 4.34. The van der Waals surface area contributed by atoms with E-state index in [0.717, 1.165) is 33.5 Å². The van der Waals surface area contributed by atoms with E-state index in [1.165, 1.54) is 0 Å². The van der Waals surface area contributed by atoms with Crippen molar-refractivity contribution in [3.8, 4) is 11.5 Å². The number of carbonyl (C=O) groups excluding carboxylic acids is 1. The van der Waals surface area contributed by atoms with Crippen LogP contribution in [0.2, 0.25) is 0 Å². The molecule has 1 amide bonds. The first-order chi connectivity index (χ1) is 14.9. The van der Waals surface area contributed by atoms with Crippen LogP contribution in [0.3, 0.4) is 0 Å². The van der Waals surface area contributed by atoms with E-state index in [1.54, 1.807) is 17.9 Å². The number of hydrogen-bond acceptors (Lipinski definition) is 6. The van der Waals surface area contributed by atoms with Crippen LogP contribution in [0, 0.1) is 11.7 Å². The van der Waals surface area contributed by atoms with Crippen LogP contribution in [-0.4, -0.2) is 34.5 Å². The Bertz CT molecular complexity index is 1110. The second-order valence-electron chi connectivity index (χ2n) is 6.77. The summed E-state index contributed by atoms with van der Waals surface area (Å²) < 4.78 is 14.2. The fourth-order valence-electron chi connectivity index (χ4n) is 2.86. The van der Waals surface area contributed by atoms with Gasteiger partial charge < -0.3 is 20.2 Å². The molecule has 0 fully saturated rings. The summed E-state index contributed by atoms with van der Waals surface area (Å²) in [5.74, 6) is 1.54. The van der Waals surface area contributed by atoms with Gasteiger partial charge in [-0.1, -0.05) is 40.5 Å². The minimum atomic E-state index is -0.255. The number of methoxy groups -OCH3 is 1. The summed E-state index contributed by atoms with van der Waals surface area (Å²) in [6.45, 7) is 4.33. The Labute approximate surface area is 194 Å². The zero-order valence-corrected chi connectivity index (χ0v) is 19.9. The minimum absolute atomic E-state index is 0.141. The fourth-order valence-corrected chi connectivity index (χ4v) is 3.53. The van der Waals surface area contributed by atoms with Crippen LogP contribution in [0.4, 0.5) is 5.69 Å². The van der Waals surface area contributed by atoms with Crippen molar-refractivity contribution >= 4 is 39.7 Å². The highest BCUT2D eigenvalue weighted by atomic mass is 79.9. The van der Waals surface area contributed by atoms with Crippen molar-refractivity contribution in [1.29, 1.82) is 0 Å².